The minimum Gasteiger partial charge on any atom is -0.394 e. The molecule has 0 heterocycles. The van der Waals surface area contributed by atoms with Gasteiger partial charge in [0, 0.05) is 5.69 Å². The van der Waals surface area contributed by atoms with Gasteiger partial charge >= 0.3 is 0 Å². The van der Waals surface area contributed by atoms with Crippen molar-refractivity contribution in [2.45, 2.75) is 40.2 Å². The van der Waals surface area contributed by atoms with Gasteiger partial charge in [-0.15, -0.1) is 0 Å². The molecular formula is C13H21NO. The standard InChI is InChI=1S/C13H21NO/c1-9-6-10(2)12(11(3)7-9)14-13(4,5)8-15/h6-7,14-15H,8H2,1-5H3. The molecular weight excluding hydrogens is 186 g/mol. The summed E-state index contributed by atoms with van der Waals surface area (Å²) in [4.78, 5) is 0. The molecule has 0 amide bonds. The first-order valence-electron chi connectivity index (χ1n) is 5.32. The summed E-state index contributed by atoms with van der Waals surface area (Å²) < 4.78 is 0. The number of hydrogen-bond acceptors (Lipinski definition) is 2. The second kappa shape index (κ2) is 4.23. The first kappa shape index (κ1) is 12.1. The summed E-state index contributed by atoms with van der Waals surface area (Å²) in [5.74, 6) is 0. The summed E-state index contributed by atoms with van der Waals surface area (Å²) in [6.07, 6.45) is 0. The predicted molar refractivity (Wildman–Crippen MR) is 65.4 cm³/mol. The fourth-order valence-corrected chi connectivity index (χ4v) is 1.76. The highest BCUT2D eigenvalue weighted by molar-refractivity contribution is 5.59. The van der Waals surface area contributed by atoms with Gasteiger partial charge in [-0.1, -0.05) is 17.7 Å². The van der Waals surface area contributed by atoms with Crippen LogP contribution in [0.2, 0.25) is 0 Å². The number of aliphatic hydroxyl groups excluding tert-OH is 1. The zero-order valence-electron chi connectivity index (χ0n) is 10.3. The molecule has 0 atom stereocenters. The van der Waals surface area contributed by atoms with Gasteiger partial charge in [0.25, 0.3) is 0 Å². The smallest absolute Gasteiger partial charge is 0.0656 e. The Morgan fingerprint density at radius 1 is 1.13 bits per heavy atom. The third kappa shape index (κ3) is 2.96. The monoisotopic (exact) mass is 207 g/mol. The summed E-state index contributed by atoms with van der Waals surface area (Å²) in [5.41, 5.74) is 4.60. The van der Waals surface area contributed by atoms with Gasteiger partial charge in [0.15, 0.2) is 0 Å². The van der Waals surface area contributed by atoms with E-state index in [4.69, 9.17) is 0 Å². The number of anilines is 1. The highest BCUT2D eigenvalue weighted by Crippen LogP contribution is 2.25. The fourth-order valence-electron chi connectivity index (χ4n) is 1.76. The van der Waals surface area contributed by atoms with E-state index in [0.29, 0.717) is 0 Å². The van der Waals surface area contributed by atoms with E-state index >= 15 is 0 Å². The lowest BCUT2D eigenvalue weighted by molar-refractivity contribution is 0.234. The van der Waals surface area contributed by atoms with Crippen molar-refractivity contribution in [3.05, 3.63) is 28.8 Å². The maximum absolute atomic E-state index is 9.23. The van der Waals surface area contributed by atoms with E-state index in [2.05, 4.69) is 38.2 Å². The van der Waals surface area contributed by atoms with E-state index in [1.54, 1.807) is 0 Å². The molecule has 0 aliphatic carbocycles. The number of benzene rings is 1. The molecule has 84 valence electrons. The minimum atomic E-state index is -0.273. The first-order chi connectivity index (χ1) is 6.85. The molecule has 0 bridgehead atoms. The van der Waals surface area contributed by atoms with Crippen LogP contribution in [0.25, 0.3) is 0 Å². The summed E-state index contributed by atoms with van der Waals surface area (Å²) >= 11 is 0. The predicted octanol–water partition coefficient (Wildman–Crippen LogP) is 2.79. The zero-order valence-corrected chi connectivity index (χ0v) is 10.3. The maximum atomic E-state index is 9.23. The van der Waals surface area contributed by atoms with Crippen molar-refractivity contribution < 1.29 is 5.11 Å². The van der Waals surface area contributed by atoms with E-state index in [1.165, 1.54) is 16.7 Å². The molecule has 0 fully saturated rings. The van der Waals surface area contributed by atoms with E-state index in [1.807, 2.05) is 13.8 Å². The number of aliphatic hydroxyl groups is 1. The number of nitrogens with one attached hydrogen (secondary N) is 1. The van der Waals surface area contributed by atoms with Crippen molar-refractivity contribution in [3.8, 4) is 0 Å². The molecule has 2 heteroatoms. The average Bonchev–Trinajstić information content (AvgIpc) is 2.11. The number of aryl methyl sites for hydroxylation is 3. The lowest BCUT2D eigenvalue weighted by atomic mass is 10.0. The Kier molecular flexibility index (Phi) is 3.40. The van der Waals surface area contributed by atoms with E-state index in [-0.39, 0.29) is 12.1 Å². The second-order valence-corrected chi connectivity index (χ2v) is 4.94. The SMILES string of the molecule is Cc1cc(C)c(NC(C)(C)CO)c(C)c1. The van der Waals surface area contributed by atoms with E-state index in [9.17, 15) is 5.11 Å². The van der Waals surface area contributed by atoms with Crippen molar-refractivity contribution in [3.63, 3.8) is 0 Å². The van der Waals surface area contributed by atoms with Crippen LogP contribution in [0.5, 0.6) is 0 Å². The second-order valence-electron chi connectivity index (χ2n) is 4.94. The Bertz CT molecular complexity index is 333. The first-order valence-corrected chi connectivity index (χ1v) is 5.32. The molecule has 0 aliphatic heterocycles. The van der Waals surface area contributed by atoms with Crippen LogP contribution in [0, 0.1) is 20.8 Å². The topological polar surface area (TPSA) is 32.3 Å². The Balaban J connectivity index is 3.05. The molecule has 2 nitrogen and oxygen atoms in total. The summed E-state index contributed by atoms with van der Waals surface area (Å²) in [6, 6.07) is 4.31. The van der Waals surface area contributed by atoms with Gasteiger partial charge in [-0.3, -0.25) is 0 Å². The molecule has 1 aromatic rings. The Morgan fingerprint density at radius 2 is 1.60 bits per heavy atom. The highest BCUT2D eigenvalue weighted by Gasteiger charge is 2.17. The van der Waals surface area contributed by atoms with Crippen molar-refractivity contribution >= 4 is 5.69 Å². The molecule has 0 saturated heterocycles. The van der Waals surface area contributed by atoms with Gasteiger partial charge in [-0.25, -0.2) is 0 Å². The van der Waals surface area contributed by atoms with Crippen molar-refractivity contribution in [2.75, 3.05) is 11.9 Å². The van der Waals surface area contributed by atoms with Crippen LogP contribution in [0.3, 0.4) is 0 Å². The summed E-state index contributed by atoms with van der Waals surface area (Å²) in [6.45, 7) is 10.4. The average molecular weight is 207 g/mol. The highest BCUT2D eigenvalue weighted by atomic mass is 16.3. The van der Waals surface area contributed by atoms with Crippen molar-refractivity contribution in [1.82, 2.24) is 0 Å². The van der Waals surface area contributed by atoms with Gasteiger partial charge in [-0.2, -0.15) is 0 Å². The maximum Gasteiger partial charge on any atom is 0.0656 e. The van der Waals surface area contributed by atoms with E-state index in [0.717, 1.165) is 5.69 Å². The van der Waals surface area contributed by atoms with Gasteiger partial charge < -0.3 is 10.4 Å². The van der Waals surface area contributed by atoms with Crippen molar-refractivity contribution in [2.24, 2.45) is 0 Å². The van der Waals surface area contributed by atoms with Gasteiger partial charge in [0.05, 0.1) is 12.1 Å². The minimum absolute atomic E-state index is 0.125. The zero-order chi connectivity index (χ0) is 11.6. The molecule has 2 N–H and O–H groups in total. The Labute approximate surface area is 92.3 Å². The molecule has 15 heavy (non-hydrogen) atoms. The van der Waals surface area contributed by atoms with Crippen LogP contribution >= 0.6 is 0 Å². The quantitative estimate of drug-likeness (QED) is 0.798. The lowest BCUT2D eigenvalue weighted by Gasteiger charge is -2.27. The summed E-state index contributed by atoms with van der Waals surface area (Å²) in [7, 11) is 0. The van der Waals surface area contributed by atoms with Crippen LogP contribution in [-0.4, -0.2) is 17.3 Å². The van der Waals surface area contributed by atoms with Crippen LogP contribution in [0.4, 0.5) is 5.69 Å². The Hall–Kier alpha value is -1.02. The molecule has 1 rings (SSSR count). The molecule has 0 saturated carbocycles. The van der Waals surface area contributed by atoms with Crippen LogP contribution in [0.15, 0.2) is 12.1 Å². The van der Waals surface area contributed by atoms with Crippen LogP contribution < -0.4 is 5.32 Å². The normalized spacial score (nSPS) is 11.6. The van der Waals surface area contributed by atoms with Gasteiger partial charge in [-0.05, 0) is 45.7 Å². The Morgan fingerprint density at radius 3 is 2.00 bits per heavy atom. The van der Waals surface area contributed by atoms with Gasteiger partial charge in [0.2, 0.25) is 0 Å². The van der Waals surface area contributed by atoms with E-state index < -0.39 is 0 Å². The summed E-state index contributed by atoms with van der Waals surface area (Å²) in [5, 5.41) is 12.6. The lowest BCUT2D eigenvalue weighted by Crippen LogP contribution is -2.35. The largest absolute Gasteiger partial charge is 0.394 e. The fraction of sp³-hybridized carbons (Fsp3) is 0.538. The molecule has 0 aromatic heterocycles. The third-order valence-corrected chi connectivity index (χ3v) is 2.54. The molecule has 0 unspecified atom stereocenters. The molecule has 0 spiro atoms. The molecule has 1 aromatic carbocycles. The number of hydrogen-bond donors (Lipinski definition) is 2. The molecule has 0 radical (unpaired) electrons. The third-order valence-electron chi connectivity index (χ3n) is 2.54. The van der Waals surface area contributed by atoms with Crippen LogP contribution in [0.1, 0.15) is 30.5 Å². The number of rotatable bonds is 3. The van der Waals surface area contributed by atoms with Crippen molar-refractivity contribution in [1.29, 1.82) is 0 Å². The van der Waals surface area contributed by atoms with Gasteiger partial charge in [0.1, 0.15) is 0 Å². The molecule has 0 aliphatic rings. The van der Waals surface area contributed by atoms with Crippen LogP contribution in [-0.2, 0) is 0 Å².